The van der Waals surface area contributed by atoms with Crippen LogP contribution >= 0.6 is 7.60 Å². The number of aromatic nitrogens is 2. The summed E-state index contributed by atoms with van der Waals surface area (Å²) in [6.45, 7) is 3.55. The van der Waals surface area contributed by atoms with Crippen molar-refractivity contribution in [3.63, 3.8) is 0 Å². The number of nitrogens with zero attached hydrogens (tertiary/aromatic N) is 1. The van der Waals surface area contributed by atoms with E-state index in [1.165, 1.54) is 16.8 Å². The zero-order chi connectivity index (χ0) is 18.8. The molecule has 0 spiro atoms. The summed E-state index contributed by atoms with van der Waals surface area (Å²) in [4.78, 5) is 34.8. The normalized spacial score (nSPS) is 29.0. The molecular formula is C14H23N2O8P. The second kappa shape index (κ2) is 7.94. The molecule has 1 aliphatic carbocycles. The van der Waals surface area contributed by atoms with E-state index in [1.807, 2.05) is 0 Å². The zero-order valence-electron chi connectivity index (χ0n) is 14.2. The zero-order valence-corrected chi connectivity index (χ0v) is 15.1. The number of ether oxygens (including phenoxy) is 2. The average molecular weight is 378 g/mol. The first-order valence-corrected chi connectivity index (χ1v) is 9.55. The van der Waals surface area contributed by atoms with Crippen LogP contribution in [0.2, 0.25) is 0 Å². The molecule has 142 valence electrons. The summed E-state index contributed by atoms with van der Waals surface area (Å²) in [6.07, 6.45) is -1.98. The summed E-state index contributed by atoms with van der Waals surface area (Å²) < 4.78 is 28.4. The van der Waals surface area contributed by atoms with Gasteiger partial charge in [-0.25, -0.2) is 4.79 Å². The van der Waals surface area contributed by atoms with E-state index < -0.39 is 49.5 Å². The van der Waals surface area contributed by atoms with Crippen molar-refractivity contribution >= 4 is 7.60 Å². The molecule has 5 unspecified atom stereocenters. The molecule has 0 saturated heterocycles. The predicted octanol–water partition coefficient (Wildman–Crippen LogP) is -0.190. The quantitative estimate of drug-likeness (QED) is 0.555. The van der Waals surface area contributed by atoms with Crippen LogP contribution in [-0.2, 0) is 18.6 Å². The molecule has 0 bridgehead atoms. The Hall–Kier alpha value is -1.29. The molecule has 10 nitrogen and oxygen atoms in total. The van der Waals surface area contributed by atoms with Crippen LogP contribution in [0.5, 0.6) is 0 Å². The molecule has 25 heavy (non-hydrogen) atoms. The van der Waals surface area contributed by atoms with Crippen molar-refractivity contribution in [2.45, 2.75) is 50.7 Å². The van der Waals surface area contributed by atoms with Gasteiger partial charge in [-0.2, -0.15) is 0 Å². The molecule has 1 saturated carbocycles. The summed E-state index contributed by atoms with van der Waals surface area (Å²) in [6, 6.07) is 0.465. The van der Waals surface area contributed by atoms with Gasteiger partial charge in [-0.3, -0.25) is 18.9 Å². The smallest absolute Gasteiger partial charge is 0.353 e. The fourth-order valence-corrected chi connectivity index (χ4v) is 3.29. The third-order valence-corrected chi connectivity index (χ3v) is 4.99. The highest BCUT2D eigenvalue weighted by atomic mass is 31.2. The molecule has 1 fully saturated rings. The minimum absolute atomic E-state index is 0.161. The lowest BCUT2D eigenvalue weighted by molar-refractivity contribution is -0.109. The number of hydrogen-bond donors (Lipinski definition) is 3. The van der Waals surface area contributed by atoms with Crippen molar-refractivity contribution < 1.29 is 28.6 Å². The fourth-order valence-electron chi connectivity index (χ4n) is 2.80. The lowest BCUT2D eigenvalue weighted by Crippen LogP contribution is -2.40. The minimum Gasteiger partial charge on any atom is -0.388 e. The largest absolute Gasteiger partial charge is 0.388 e. The highest BCUT2D eigenvalue weighted by Gasteiger charge is 2.46. The summed E-state index contributed by atoms with van der Waals surface area (Å²) in [5.74, 6) is 0. The van der Waals surface area contributed by atoms with Crippen molar-refractivity contribution in [1.29, 1.82) is 0 Å². The molecule has 2 rings (SSSR count). The molecule has 0 amide bonds. The van der Waals surface area contributed by atoms with Crippen LogP contribution in [0.25, 0.3) is 0 Å². The van der Waals surface area contributed by atoms with Crippen LogP contribution in [0.15, 0.2) is 21.9 Å². The number of aliphatic hydroxyl groups is 1. The van der Waals surface area contributed by atoms with Crippen LogP contribution in [0.3, 0.4) is 0 Å². The molecule has 0 radical (unpaired) electrons. The van der Waals surface area contributed by atoms with Gasteiger partial charge < -0.3 is 24.0 Å². The van der Waals surface area contributed by atoms with Crippen molar-refractivity contribution in [1.82, 2.24) is 9.55 Å². The van der Waals surface area contributed by atoms with Gasteiger partial charge in [0.05, 0.1) is 18.2 Å². The first-order chi connectivity index (χ1) is 11.6. The van der Waals surface area contributed by atoms with Gasteiger partial charge in [-0.05, 0) is 20.3 Å². The number of aromatic amines is 1. The van der Waals surface area contributed by atoms with E-state index in [-0.39, 0.29) is 12.5 Å². The van der Waals surface area contributed by atoms with Gasteiger partial charge in [0, 0.05) is 19.4 Å². The third-order valence-electron chi connectivity index (χ3n) is 3.95. The molecule has 3 N–H and O–H groups in total. The van der Waals surface area contributed by atoms with Crippen molar-refractivity contribution in [2.75, 3.05) is 13.5 Å². The topological polar surface area (TPSA) is 140 Å². The molecule has 1 aliphatic rings. The maximum Gasteiger partial charge on any atom is 0.353 e. The SMILES string of the molecule is COP(=O)(O)COC1CC(n2ccc(=O)[nH]c2=O)C(O)C1OC(C)C. The fraction of sp³-hybridized carbons (Fsp3) is 0.714. The summed E-state index contributed by atoms with van der Waals surface area (Å²) in [5.41, 5.74) is -1.21. The van der Waals surface area contributed by atoms with Gasteiger partial charge in [0.1, 0.15) is 18.6 Å². The Kier molecular flexibility index (Phi) is 6.36. The monoisotopic (exact) mass is 378 g/mol. The highest BCUT2D eigenvalue weighted by molar-refractivity contribution is 7.52. The molecular weight excluding hydrogens is 355 g/mol. The van der Waals surface area contributed by atoms with Gasteiger partial charge in [0.25, 0.3) is 5.56 Å². The maximum absolute atomic E-state index is 12.0. The van der Waals surface area contributed by atoms with Crippen LogP contribution in [-0.4, -0.2) is 57.4 Å². The standard InChI is InChI=1S/C14H23N2O8P/c1-8(2)24-13-10(23-7-25(20,21)22-3)6-9(12(13)18)16-5-4-11(17)15-14(16)19/h4-5,8-10,12-13,18H,6-7H2,1-3H3,(H,20,21)(H,15,17,19). The summed E-state index contributed by atoms with van der Waals surface area (Å²) >= 11 is 0. The Morgan fingerprint density at radius 1 is 1.44 bits per heavy atom. The molecule has 11 heteroatoms. The molecule has 1 aromatic heterocycles. The number of nitrogens with one attached hydrogen (secondary N) is 1. The Labute approximate surface area is 143 Å². The van der Waals surface area contributed by atoms with E-state index in [9.17, 15) is 24.2 Å². The lowest BCUT2D eigenvalue weighted by Gasteiger charge is -2.25. The third kappa shape index (κ3) is 4.87. The van der Waals surface area contributed by atoms with Crippen LogP contribution < -0.4 is 11.2 Å². The molecule has 5 atom stereocenters. The molecule has 0 aliphatic heterocycles. The van der Waals surface area contributed by atoms with E-state index in [0.29, 0.717) is 0 Å². The number of hydrogen-bond acceptors (Lipinski definition) is 7. The Balaban J connectivity index is 2.25. The second-order valence-corrected chi connectivity index (χ2v) is 8.01. The first-order valence-electron chi connectivity index (χ1n) is 7.79. The number of H-pyrrole nitrogens is 1. The lowest BCUT2D eigenvalue weighted by atomic mass is 10.2. The molecule has 1 heterocycles. The van der Waals surface area contributed by atoms with Gasteiger partial charge in [0.2, 0.25) is 0 Å². The molecule has 0 aromatic carbocycles. The molecule has 1 aromatic rings. The van der Waals surface area contributed by atoms with Crippen LogP contribution in [0, 0.1) is 0 Å². The van der Waals surface area contributed by atoms with Crippen molar-refractivity contribution in [3.05, 3.63) is 33.1 Å². The van der Waals surface area contributed by atoms with E-state index in [0.717, 1.165) is 7.11 Å². The van der Waals surface area contributed by atoms with Gasteiger partial charge in [0.15, 0.2) is 0 Å². The van der Waals surface area contributed by atoms with E-state index in [1.54, 1.807) is 13.8 Å². The summed E-state index contributed by atoms with van der Waals surface area (Å²) in [7, 11) is -2.79. The van der Waals surface area contributed by atoms with Crippen LogP contribution in [0.1, 0.15) is 26.3 Å². The van der Waals surface area contributed by atoms with Crippen molar-refractivity contribution in [2.24, 2.45) is 0 Å². The predicted molar refractivity (Wildman–Crippen MR) is 87.6 cm³/mol. The van der Waals surface area contributed by atoms with Crippen molar-refractivity contribution in [3.8, 4) is 0 Å². The second-order valence-electron chi connectivity index (χ2n) is 6.11. The Bertz CT molecular complexity index is 745. The van der Waals surface area contributed by atoms with E-state index in [2.05, 4.69) is 9.51 Å². The van der Waals surface area contributed by atoms with Gasteiger partial charge >= 0.3 is 13.3 Å². The first kappa shape index (κ1) is 20.0. The van der Waals surface area contributed by atoms with Crippen LogP contribution in [0.4, 0.5) is 0 Å². The van der Waals surface area contributed by atoms with Gasteiger partial charge in [-0.1, -0.05) is 0 Å². The summed E-state index contributed by atoms with van der Waals surface area (Å²) in [5, 5.41) is 10.6. The number of rotatable bonds is 7. The highest BCUT2D eigenvalue weighted by Crippen LogP contribution is 2.43. The van der Waals surface area contributed by atoms with E-state index >= 15 is 0 Å². The minimum atomic E-state index is -3.89. The van der Waals surface area contributed by atoms with Gasteiger partial charge in [-0.15, -0.1) is 0 Å². The number of aliphatic hydroxyl groups excluding tert-OH is 1. The Morgan fingerprint density at radius 2 is 2.12 bits per heavy atom. The Morgan fingerprint density at radius 3 is 2.68 bits per heavy atom. The van der Waals surface area contributed by atoms with E-state index in [4.69, 9.17) is 9.47 Å². The average Bonchev–Trinajstić information content (AvgIpc) is 2.82. The maximum atomic E-state index is 12.0.